The van der Waals surface area contributed by atoms with Crippen LogP contribution in [0.5, 0.6) is 5.75 Å². The van der Waals surface area contributed by atoms with E-state index in [1.165, 1.54) is 16.2 Å². The van der Waals surface area contributed by atoms with Gasteiger partial charge in [-0.15, -0.1) is 11.3 Å². The van der Waals surface area contributed by atoms with Gasteiger partial charge in [-0.05, 0) is 31.0 Å². The van der Waals surface area contributed by atoms with E-state index in [-0.39, 0.29) is 18.4 Å². The number of ether oxygens (including phenoxy) is 2. The monoisotopic (exact) mass is 360 g/mol. The van der Waals surface area contributed by atoms with E-state index in [0.717, 1.165) is 11.3 Å². The lowest BCUT2D eigenvalue weighted by Gasteiger charge is -2.33. The predicted octanol–water partition coefficient (Wildman–Crippen LogP) is 3.12. The number of hydrogen-bond acceptors (Lipinski definition) is 6. The molecule has 0 saturated heterocycles. The summed E-state index contributed by atoms with van der Waals surface area (Å²) >= 11 is 1.50. The van der Waals surface area contributed by atoms with Crippen LogP contribution in [0.4, 0.5) is 5.69 Å². The fourth-order valence-corrected chi connectivity index (χ4v) is 3.15. The molecule has 1 aliphatic heterocycles. The van der Waals surface area contributed by atoms with Crippen molar-refractivity contribution in [3.8, 4) is 17.0 Å². The van der Waals surface area contributed by atoms with Crippen LogP contribution in [0.1, 0.15) is 20.8 Å². The number of thiazole rings is 1. The number of amides is 1. The molecule has 1 aromatic carbocycles. The molecular weight excluding hydrogens is 340 g/mol. The van der Waals surface area contributed by atoms with Crippen LogP contribution in [0, 0.1) is 5.92 Å². The SMILES string of the molecule is CC(C)COC(=O)C(C)N1C(=O)COc2ccc(-c3cscn3)cc21. The first kappa shape index (κ1) is 17.4. The lowest BCUT2D eigenvalue weighted by molar-refractivity contribution is -0.147. The van der Waals surface area contributed by atoms with E-state index in [1.54, 1.807) is 18.5 Å². The van der Waals surface area contributed by atoms with Crippen molar-refractivity contribution in [1.82, 2.24) is 4.98 Å². The summed E-state index contributed by atoms with van der Waals surface area (Å²) in [7, 11) is 0. The van der Waals surface area contributed by atoms with Gasteiger partial charge in [-0.25, -0.2) is 9.78 Å². The van der Waals surface area contributed by atoms with E-state index in [1.807, 2.05) is 31.4 Å². The van der Waals surface area contributed by atoms with Crippen molar-refractivity contribution in [2.75, 3.05) is 18.1 Å². The van der Waals surface area contributed by atoms with Crippen LogP contribution >= 0.6 is 11.3 Å². The number of rotatable bonds is 5. The molecule has 132 valence electrons. The quantitative estimate of drug-likeness (QED) is 0.766. The first-order chi connectivity index (χ1) is 12.0. The maximum atomic E-state index is 12.4. The van der Waals surface area contributed by atoms with Gasteiger partial charge in [-0.1, -0.05) is 13.8 Å². The summed E-state index contributed by atoms with van der Waals surface area (Å²) in [6.07, 6.45) is 0. The van der Waals surface area contributed by atoms with Crippen molar-refractivity contribution in [3.05, 3.63) is 29.1 Å². The largest absolute Gasteiger partial charge is 0.482 e. The minimum absolute atomic E-state index is 0.0924. The minimum atomic E-state index is -0.723. The van der Waals surface area contributed by atoms with Crippen molar-refractivity contribution >= 4 is 28.9 Å². The van der Waals surface area contributed by atoms with Crippen LogP contribution in [-0.4, -0.2) is 36.1 Å². The molecule has 2 aromatic rings. The lowest BCUT2D eigenvalue weighted by atomic mass is 10.1. The van der Waals surface area contributed by atoms with E-state index in [9.17, 15) is 9.59 Å². The predicted molar refractivity (Wildman–Crippen MR) is 95.8 cm³/mol. The van der Waals surface area contributed by atoms with Gasteiger partial charge in [-0.2, -0.15) is 0 Å². The lowest BCUT2D eigenvalue weighted by Crippen LogP contribution is -2.48. The maximum absolute atomic E-state index is 12.4. The Bertz CT molecular complexity index is 773. The fraction of sp³-hybridized carbons (Fsp3) is 0.389. The molecule has 0 bridgehead atoms. The van der Waals surface area contributed by atoms with Gasteiger partial charge in [-0.3, -0.25) is 9.69 Å². The van der Waals surface area contributed by atoms with Gasteiger partial charge in [0.05, 0.1) is 23.5 Å². The number of carbonyl (C=O) groups excluding carboxylic acids is 2. The number of carbonyl (C=O) groups is 2. The minimum Gasteiger partial charge on any atom is -0.482 e. The summed E-state index contributed by atoms with van der Waals surface area (Å²) in [6.45, 7) is 5.84. The van der Waals surface area contributed by atoms with E-state index < -0.39 is 12.0 Å². The molecule has 1 aromatic heterocycles. The van der Waals surface area contributed by atoms with Crippen LogP contribution in [0.3, 0.4) is 0 Å². The standard InChI is InChI=1S/C18H20N2O4S/c1-11(2)7-24-18(22)12(3)20-15-6-13(14-9-25-10-19-14)4-5-16(15)23-8-17(20)21/h4-6,9-12H,7-8H2,1-3H3. The molecule has 1 atom stereocenters. The van der Waals surface area contributed by atoms with Crippen LogP contribution in [0.15, 0.2) is 29.1 Å². The number of nitrogens with zero attached hydrogens (tertiary/aromatic N) is 2. The van der Waals surface area contributed by atoms with Crippen molar-refractivity contribution < 1.29 is 19.1 Å². The summed E-state index contributed by atoms with van der Waals surface area (Å²) < 4.78 is 10.8. The molecule has 0 saturated carbocycles. The van der Waals surface area contributed by atoms with Crippen molar-refractivity contribution in [2.45, 2.75) is 26.8 Å². The molecule has 0 radical (unpaired) electrons. The molecule has 0 N–H and O–H groups in total. The molecule has 2 heterocycles. The van der Waals surface area contributed by atoms with Gasteiger partial charge >= 0.3 is 5.97 Å². The third-order valence-corrected chi connectivity index (χ3v) is 4.44. The summed E-state index contributed by atoms with van der Waals surface area (Å²) in [6, 6.07) is 4.80. The number of benzene rings is 1. The molecule has 0 spiro atoms. The number of esters is 1. The van der Waals surface area contributed by atoms with E-state index in [4.69, 9.17) is 9.47 Å². The molecule has 0 fully saturated rings. The number of aromatic nitrogens is 1. The van der Waals surface area contributed by atoms with Gasteiger partial charge in [0.25, 0.3) is 5.91 Å². The average Bonchev–Trinajstić information content (AvgIpc) is 3.13. The summed E-state index contributed by atoms with van der Waals surface area (Å²) in [4.78, 5) is 30.5. The van der Waals surface area contributed by atoms with E-state index in [0.29, 0.717) is 18.0 Å². The third kappa shape index (κ3) is 3.66. The van der Waals surface area contributed by atoms with Gasteiger partial charge in [0.1, 0.15) is 11.8 Å². The third-order valence-electron chi connectivity index (χ3n) is 3.85. The number of fused-ring (bicyclic) bond motifs is 1. The van der Waals surface area contributed by atoms with Crippen molar-refractivity contribution in [1.29, 1.82) is 0 Å². The zero-order valence-electron chi connectivity index (χ0n) is 14.4. The van der Waals surface area contributed by atoms with Crippen molar-refractivity contribution in [2.24, 2.45) is 5.92 Å². The average molecular weight is 360 g/mol. The summed E-state index contributed by atoms with van der Waals surface area (Å²) in [5, 5.41) is 1.93. The Kier molecular flexibility index (Phi) is 5.03. The Labute approximate surface area is 150 Å². The summed E-state index contributed by atoms with van der Waals surface area (Å²) in [5.41, 5.74) is 4.00. The highest BCUT2D eigenvalue weighted by atomic mass is 32.1. The Balaban J connectivity index is 1.91. The molecule has 1 unspecified atom stereocenters. The molecular formula is C18H20N2O4S. The second-order valence-corrected chi connectivity index (χ2v) is 7.03. The van der Waals surface area contributed by atoms with Crippen LogP contribution in [-0.2, 0) is 14.3 Å². The highest BCUT2D eigenvalue weighted by molar-refractivity contribution is 7.07. The summed E-state index contributed by atoms with van der Waals surface area (Å²) in [5.74, 6) is 0.119. The number of anilines is 1. The first-order valence-corrected chi connectivity index (χ1v) is 9.05. The Morgan fingerprint density at radius 1 is 1.40 bits per heavy atom. The Morgan fingerprint density at radius 2 is 2.20 bits per heavy atom. The van der Waals surface area contributed by atoms with Crippen LogP contribution < -0.4 is 9.64 Å². The van der Waals surface area contributed by atoms with Crippen LogP contribution in [0.2, 0.25) is 0 Å². The topological polar surface area (TPSA) is 68.7 Å². The zero-order chi connectivity index (χ0) is 18.0. The van der Waals surface area contributed by atoms with Gasteiger partial charge in [0, 0.05) is 10.9 Å². The fourth-order valence-electron chi connectivity index (χ4n) is 2.58. The highest BCUT2D eigenvalue weighted by Gasteiger charge is 2.34. The Hall–Kier alpha value is -2.41. The second kappa shape index (κ2) is 7.23. The van der Waals surface area contributed by atoms with E-state index >= 15 is 0 Å². The Morgan fingerprint density at radius 3 is 2.88 bits per heavy atom. The van der Waals surface area contributed by atoms with Crippen LogP contribution in [0.25, 0.3) is 11.3 Å². The number of hydrogen-bond donors (Lipinski definition) is 0. The zero-order valence-corrected chi connectivity index (χ0v) is 15.2. The van der Waals surface area contributed by atoms with Gasteiger partial charge in [0.15, 0.2) is 6.61 Å². The molecule has 6 nitrogen and oxygen atoms in total. The molecule has 25 heavy (non-hydrogen) atoms. The van der Waals surface area contributed by atoms with Gasteiger partial charge in [0.2, 0.25) is 0 Å². The van der Waals surface area contributed by atoms with Gasteiger partial charge < -0.3 is 9.47 Å². The molecule has 0 aliphatic carbocycles. The normalized spacial score (nSPS) is 14.9. The van der Waals surface area contributed by atoms with E-state index in [2.05, 4.69) is 4.98 Å². The maximum Gasteiger partial charge on any atom is 0.328 e. The smallest absolute Gasteiger partial charge is 0.328 e. The molecule has 3 rings (SSSR count). The second-order valence-electron chi connectivity index (χ2n) is 6.31. The van der Waals surface area contributed by atoms with Crippen molar-refractivity contribution in [3.63, 3.8) is 0 Å². The first-order valence-electron chi connectivity index (χ1n) is 8.11. The highest BCUT2D eigenvalue weighted by Crippen LogP contribution is 2.37. The molecule has 1 amide bonds. The molecule has 1 aliphatic rings. The molecule has 7 heteroatoms.